The van der Waals surface area contributed by atoms with Gasteiger partial charge in [0.1, 0.15) is 5.75 Å². The molecule has 0 saturated heterocycles. The van der Waals surface area contributed by atoms with Crippen molar-refractivity contribution in [2.45, 2.75) is 11.8 Å². The van der Waals surface area contributed by atoms with Gasteiger partial charge in [-0.25, -0.2) is 12.4 Å². The van der Waals surface area contributed by atoms with Crippen LogP contribution in [0.15, 0.2) is 83.8 Å². The summed E-state index contributed by atoms with van der Waals surface area (Å²) in [4.78, 5) is 0.269. The Morgan fingerprint density at radius 3 is 2.31 bits per heavy atom. The quantitative estimate of drug-likeness (QED) is 0.401. The fraction of sp³-hybridized carbons (Fsp3) is 0.0833. The molecule has 4 nitrogen and oxygen atoms in total. The summed E-state index contributed by atoms with van der Waals surface area (Å²) in [5, 5.41) is 3.63. The van der Waals surface area contributed by atoms with E-state index in [2.05, 4.69) is 0 Å². The summed E-state index contributed by atoms with van der Waals surface area (Å²) in [6, 6.07) is 24.3. The predicted octanol–water partition coefficient (Wildman–Crippen LogP) is 5.50. The fourth-order valence-corrected chi connectivity index (χ4v) is 5.46. The van der Waals surface area contributed by atoms with Crippen molar-refractivity contribution in [1.82, 2.24) is 3.97 Å². The normalized spacial score (nSPS) is 12.1. The zero-order chi connectivity index (χ0) is 20.2. The van der Waals surface area contributed by atoms with Crippen LogP contribution in [0.2, 0.25) is 0 Å². The third-order valence-corrected chi connectivity index (χ3v) is 7.10. The van der Waals surface area contributed by atoms with E-state index in [4.69, 9.17) is 4.74 Å². The number of fused-ring (bicyclic) bond motifs is 5. The number of benzene rings is 4. The fourth-order valence-electron chi connectivity index (χ4n) is 3.91. The lowest BCUT2D eigenvalue weighted by Crippen LogP contribution is -2.13. The van der Waals surface area contributed by atoms with Crippen LogP contribution >= 0.6 is 0 Å². The highest BCUT2D eigenvalue weighted by atomic mass is 32.2. The van der Waals surface area contributed by atoms with Crippen molar-refractivity contribution in [3.8, 4) is 5.75 Å². The van der Waals surface area contributed by atoms with Crippen LogP contribution in [0.25, 0.3) is 32.6 Å². The highest BCUT2D eigenvalue weighted by Crippen LogP contribution is 2.38. The molecule has 0 spiro atoms. The summed E-state index contributed by atoms with van der Waals surface area (Å²) in [5.74, 6) is 0.692. The Kier molecular flexibility index (Phi) is 3.89. The number of hydrogen-bond acceptors (Lipinski definition) is 3. The molecule has 144 valence electrons. The molecule has 5 aromatic rings. The first-order valence-electron chi connectivity index (χ1n) is 9.33. The van der Waals surface area contributed by atoms with Gasteiger partial charge in [-0.15, -0.1) is 0 Å². The van der Waals surface area contributed by atoms with Gasteiger partial charge in [0, 0.05) is 16.2 Å². The zero-order valence-corrected chi connectivity index (χ0v) is 16.9. The van der Waals surface area contributed by atoms with E-state index in [-0.39, 0.29) is 4.90 Å². The van der Waals surface area contributed by atoms with E-state index in [1.165, 1.54) is 3.97 Å². The molecule has 0 amide bonds. The van der Waals surface area contributed by atoms with Gasteiger partial charge >= 0.3 is 0 Å². The molecule has 1 aromatic heterocycles. The van der Waals surface area contributed by atoms with Crippen molar-refractivity contribution in [2.24, 2.45) is 0 Å². The second-order valence-electron chi connectivity index (χ2n) is 7.15. The van der Waals surface area contributed by atoms with Gasteiger partial charge in [-0.05, 0) is 42.6 Å². The Balaban J connectivity index is 1.99. The molecule has 5 heteroatoms. The predicted molar refractivity (Wildman–Crippen MR) is 117 cm³/mol. The minimum Gasteiger partial charge on any atom is -0.497 e. The number of methoxy groups -OCH3 is 1. The minimum atomic E-state index is -3.80. The number of nitrogens with zero attached hydrogens (tertiary/aromatic N) is 1. The Hall–Kier alpha value is -3.31. The van der Waals surface area contributed by atoms with Crippen LogP contribution in [0.4, 0.5) is 0 Å². The molecule has 0 unspecified atom stereocenters. The maximum absolute atomic E-state index is 13.8. The Morgan fingerprint density at radius 2 is 1.55 bits per heavy atom. The number of rotatable bonds is 3. The third kappa shape index (κ3) is 2.62. The van der Waals surface area contributed by atoms with Crippen molar-refractivity contribution < 1.29 is 13.2 Å². The van der Waals surface area contributed by atoms with Crippen molar-refractivity contribution in [1.29, 1.82) is 0 Å². The number of aromatic nitrogens is 1. The van der Waals surface area contributed by atoms with Gasteiger partial charge < -0.3 is 4.74 Å². The van der Waals surface area contributed by atoms with E-state index >= 15 is 0 Å². The van der Waals surface area contributed by atoms with E-state index < -0.39 is 10.0 Å². The third-order valence-electron chi connectivity index (χ3n) is 5.38. The molecule has 0 aliphatic rings. The highest BCUT2D eigenvalue weighted by Gasteiger charge is 2.24. The molecule has 0 N–H and O–H groups in total. The van der Waals surface area contributed by atoms with Crippen LogP contribution in [0.3, 0.4) is 0 Å². The van der Waals surface area contributed by atoms with E-state index in [1.54, 1.807) is 25.3 Å². The summed E-state index contributed by atoms with van der Waals surface area (Å²) in [5.41, 5.74) is 2.34. The Labute approximate surface area is 169 Å². The molecule has 0 bridgehead atoms. The van der Waals surface area contributed by atoms with Crippen LogP contribution in [0, 0.1) is 6.92 Å². The van der Waals surface area contributed by atoms with Crippen LogP contribution in [-0.4, -0.2) is 19.5 Å². The SMILES string of the molecule is COc1ccc2c(c1)c1ccc3ccccc3c1n2S(=O)(=O)c1ccc(C)cc1. The molecular formula is C24H19NO3S. The molecule has 1 heterocycles. The van der Waals surface area contributed by atoms with Crippen LogP contribution in [0.5, 0.6) is 5.75 Å². The first kappa shape index (κ1) is 17.8. The maximum Gasteiger partial charge on any atom is 0.268 e. The van der Waals surface area contributed by atoms with Gasteiger partial charge in [0.05, 0.1) is 23.0 Å². The number of aryl methyl sites for hydroxylation is 1. The molecule has 0 radical (unpaired) electrons. The van der Waals surface area contributed by atoms with E-state index in [1.807, 2.05) is 67.6 Å². The monoisotopic (exact) mass is 401 g/mol. The van der Waals surface area contributed by atoms with E-state index in [0.29, 0.717) is 16.8 Å². The standard InChI is InChI=1S/C24H19NO3S/c1-16-7-11-19(12-8-16)29(26,27)25-23-14-10-18(28-2)15-22(23)21-13-9-17-5-3-4-6-20(17)24(21)25/h3-15H,1-2H3. The zero-order valence-electron chi connectivity index (χ0n) is 16.1. The maximum atomic E-state index is 13.8. The molecule has 0 fully saturated rings. The first-order valence-corrected chi connectivity index (χ1v) is 10.8. The topological polar surface area (TPSA) is 48.3 Å². The summed E-state index contributed by atoms with van der Waals surface area (Å²) < 4.78 is 34.4. The van der Waals surface area contributed by atoms with Gasteiger partial charge in [0.15, 0.2) is 0 Å². The summed E-state index contributed by atoms with van der Waals surface area (Å²) in [6.45, 7) is 1.94. The van der Waals surface area contributed by atoms with Crippen molar-refractivity contribution >= 4 is 42.6 Å². The minimum absolute atomic E-state index is 0.269. The number of hydrogen-bond donors (Lipinski definition) is 0. The lowest BCUT2D eigenvalue weighted by atomic mass is 10.1. The highest BCUT2D eigenvalue weighted by molar-refractivity contribution is 7.90. The van der Waals surface area contributed by atoms with Gasteiger partial charge in [-0.2, -0.15) is 0 Å². The molecule has 5 rings (SSSR count). The van der Waals surface area contributed by atoms with E-state index in [9.17, 15) is 8.42 Å². The number of ether oxygens (including phenoxy) is 1. The van der Waals surface area contributed by atoms with E-state index in [0.717, 1.165) is 27.1 Å². The smallest absolute Gasteiger partial charge is 0.268 e. The van der Waals surface area contributed by atoms with Gasteiger partial charge in [0.25, 0.3) is 10.0 Å². The van der Waals surface area contributed by atoms with Crippen molar-refractivity contribution in [2.75, 3.05) is 7.11 Å². The largest absolute Gasteiger partial charge is 0.497 e. The molecule has 0 atom stereocenters. The summed E-state index contributed by atoms with van der Waals surface area (Å²) in [7, 11) is -2.19. The van der Waals surface area contributed by atoms with Crippen LogP contribution < -0.4 is 4.74 Å². The average molecular weight is 401 g/mol. The molecule has 0 aliphatic carbocycles. The average Bonchev–Trinajstić information content (AvgIpc) is 3.09. The lowest BCUT2D eigenvalue weighted by molar-refractivity contribution is 0.415. The first-order chi connectivity index (χ1) is 14.0. The molecular weight excluding hydrogens is 382 g/mol. The Morgan fingerprint density at radius 1 is 0.793 bits per heavy atom. The molecule has 29 heavy (non-hydrogen) atoms. The summed E-state index contributed by atoms with van der Waals surface area (Å²) >= 11 is 0. The van der Waals surface area contributed by atoms with Crippen LogP contribution in [0.1, 0.15) is 5.56 Å². The van der Waals surface area contributed by atoms with Crippen molar-refractivity contribution in [3.63, 3.8) is 0 Å². The van der Waals surface area contributed by atoms with Crippen molar-refractivity contribution in [3.05, 3.63) is 84.4 Å². The van der Waals surface area contributed by atoms with Gasteiger partial charge in [-0.1, -0.05) is 54.1 Å². The molecule has 0 saturated carbocycles. The second-order valence-corrected chi connectivity index (χ2v) is 8.94. The van der Waals surface area contributed by atoms with Gasteiger partial charge in [-0.3, -0.25) is 0 Å². The lowest BCUT2D eigenvalue weighted by Gasteiger charge is -2.11. The van der Waals surface area contributed by atoms with Crippen LogP contribution in [-0.2, 0) is 10.0 Å². The Bertz CT molecular complexity index is 1500. The molecule has 0 aliphatic heterocycles. The molecule has 4 aromatic carbocycles. The van der Waals surface area contributed by atoms with Gasteiger partial charge in [0.2, 0.25) is 0 Å². The second kappa shape index (κ2) is 6.36. The summed E-state index contributed by atoms with van der Waals surface area (Å²) in [6.07, 6.45) is 0.